The van der Waals surface area contributed by atoms with E-state index >= 15 is 0 Å². The molecule has 0 bridgehead atoms. The number of aryl methyl sites for hydroxylation is 1. The summed E-state index contributed by atoms with van der Waals surface area (Å²) in [5.41, 5.74) is 9.16. The van der Waals surface area contributed by atoms with E-state index in [0.717, 1.165) is 27.8 Å². The zero-order valence-corrected chi connectivity index (χ0v) is 11.9. The van der Waals surface area contributed by atoms with Crippen LogP contribution in [0.15, 0.2) is 35.5 Å². The molecule has 3 heterocycles. The van der Waals surface area contributed by atoms with Crippen LogP contribution in [0.1, 0.15) is 24.2 Å². The minimum atomic E-state index is -0.293. The third-order valence-electron chi connectivity index (χ3n) is 3.12. The quantitative estimate of drug-likeness (QED) is 0.798. The lowest BCUT2D eigenvalue weighted by atomic mass is 10.1. The van der Waals surface area contributed by atoms with Gasteiger partial charge in [-0.1, -0.05) is 0 Å². The number of nitrogens with two attached hydrogens (primary N) is 1. The van der Waals surface area contributed by atoms with Crippen molar-refractivity contribution in [2.75, 3.05) is 0 Å². The van der Waals surface area contributed by atoms with Gasteiger partial charge in [-0.05, 0) is 22.9 Å². The second kappa shape index (κ2) is 4.75. The van der Waals surface area contributed by atoms with E-state index in [4.69, 9.17) is 5.73 Å². The van der Waals surface area contributed by atoms with Gasteiger partial charge in [0.05, 0.1) is 40.3 Å². The number of fused-ring (bicyclic) bond motifs is 1. The van der Waals surface area contributed by atoms with Gasteiger partial charge in [-0.2, -0.15) is 10.2 Å². The van der Waals surface area contributed by atoms with E-state index in [2.05, 4.69) is 31.1 Å². The Morgan fingerprint density at radius 1 is 1.32 bits per heavy atom. The van der Waals surface area contributed by atoms with E-state index in [9.17, 15) is 0 Å². The van der Waals surface area contributed by atoms with E-state index < -0.39 is 0 Å². The Morgan fingerprint density at radius 3 is 2.95 bits per heavy atom. The van der Waals surface area contributed by atoms with Crippen molar-refractivity contribution < 1.29 is 0 Å². The summed E-state index contributed by atoms with van der Waals surface area (Å²) in [6.45, 7) is 2.80. The molecule has 0 aliphatic carbocycles. The zero-order chi connectivity index (χ0) is 13.4. The maximum absolute atomic E-state index is 6.38. The standard InChI is InChI=1S/C12H13BrN6/c1-2-18-12(9(13)6-17-18)11(14)8-5-16-19-4-3-15-7-10(8)19/h3-7,11H,2,14H2,1H3. The number of rotatable bonds is 3. The van der Waals surface area contributed by atoms with Gasteiger partial charge in [-0.15, -0.1) is 0 Å². The molecule has 3 rings (SSSR count). The summed E-state index contributed by atoms with van der Waals surface area (Å²) in [6.07, 6.45) is 8.81. The zero-order valence-electron chi connectivity index (χ0n) is 10.4. The summed E-state index contributed by atoms with van der Waals surface area (Å²) in [5, 5.41) is 8.58. The minimum Gasteiger partial charge on any atom is -0.319 e. The normalized spacial score (nSPS) is 13.0. The van der Waals surface area contributed by atoms with Crippen LogP contribution in [0.3, 0.4) is 0 Å². The second-order valence-electron chi connectivity index (χ2n) is 4.18. The van der Waals surface area contributed by atoms with E-state index in [0.29, 0.717) is 0 Å². The molecule has 3 aromatic heterocycles. The number of nitrogens with zero attached hydrogens (tertiary/aromatic N) is 5. The lowest BCUT2D eigenvalue weighted by Gasteiger charge is -2.13. The van der Waals surface area contributed by atoms with Gasteiger partial charge in [0.2, 0.25) is 0 Å². The van der Waals surface area contributed by atoms with Crippen molar-refractivity contribution in [1.82, 2.24) is 24.4 Å². The predicted molar refractivity (Wildman–Crippen MR) is 74.6 cm³/mol. The van der Waals surface area contributed by atoms with Crippen LogP contribution in [-0.2, 0) is 6.54 Å². The lowest BCUT2D eigenvalue weighted by Crippen LogP contribution is -2.17. The molecule has 19 heavy (non-hydrogen) atoms. The molecule has 6 nitrogen and oxygen atoms in total. The Labute approximate surface area is 118 Å². The summed E-state index contributed by atoms with van der Waals surface area (Å²) < 4.78 is 4.56. The van der Waals surface area contributed by atoms with Crippen molar-refractivity contribution in [1.29, 1.82) is 0 Å². The van der Waals surface area contributed by atoms with Gasteiger partial charge < -0.3 is 5.73 Å². The van der Waals surface area contributed by atoms with Crippen molar-refractivity contribution in [2.45, 2.75) is 19.5 Å². The Balaban J connectivity index is 2.13. The van der Waals surface area contributed by atoms with Gasteiger partial charge in [0.15, 0.2) is 0 Å². The molecule has 3 aromatic rings. The minimum absolute atomic E-state index is 0.293. The molecule has 98 valence electrons. The molecular formula is C12H13BrN6. The Morgan fingerprint density at radius 2 is 2.16 bits per heavy atom. The van der Waals surface area contributed by atoms with E-state index in [1.807, 2.05) is 11.6 Å². The van der Waals surface area contributed by atoms with Crippen LogP contribution < -0.4 is 5.73 Å². The lowest BCUT2D eigenvalue weighted by molar-refractivity contribution is 0.600. The molecule has 0 saturated carbocycles. The van der Waals surface area contributed by atoms with Crippen molar-refractivity contribution in [3.8, 4) is 0 Å². The Bertz CT molecular complexity index is 716. The van der Waals surface area contributed by atoms with Crippen LogP contribution in [0.4, 0.5) is 0 Å². The van der Waals surface area contributed by atoms with Gasteiger partial charge in [0.25, 0.3) is 0 Å². The van der Waals surface area contributed by atoms with Gasteiger partial charge in [0, 0.05) is 24.5 Å². The maximum atomic E-state index is 6.38. The van der Waals surface area contributed by atoms with Crippen molar-refractivity contribution >= 4 is 21.4 Å². The van der Waals surface area contributed by atoms with Gasteiger partial charge >= 0.3 is 0 Å². The van der Waals surface area contributed by atoms with E-state index in [1.54, 1.807) is 35.5 Å². The molecule has 0 amide bonds. The Kier molecular flexibility index (Phi) is 3.08. The summed E-state index contributed by atoms with van der Waals surface area (Å²) in [5.74, 6) is 0. The van der Waals surface area contributed by atoms with Crippen LogP contribution in [-0.4, -0.2) is 24.4 Å². The topological polar surface area (TPSA) is 74.0 Å². The van der Waals surface area contributed by atoms with Crippen LogP contribution >= 0.6 is 15.9 Å². The molecule has 0 aromatic carbocycles. The largest absolute Gasteiger partial charge is 0.319 e. The molecule has 0 spiro atoms. The average Bonchev–Trinajstić information content (AvgIpc) is 3.01. The van der Waals surface area contributed by atoms with E-state index in [1.165, 1.54) is 0 Å². The molecule has 0 radical (unpaired) electrons. The van der Waals surface area contributed by atoms with Crippen LogP contribution in [0.25, 0.3) is 5.52 Å². The smallest absolute Gasteiger partial charge is 0.0896 e. The highest BCUT2D eigenvalue weighted by atomic mass is 79.9. The fourth-order valence-electron chi connectivity index (χ4n) is 2.17. The summed E-state index contributed by atoms with van der Waals surface area (Å²) >= 11 is 3.50. The second-order valence-corrected chi connectivity index (χ2v) is 5.03. The number of hydrogen-bond donors (Lipinski definition) is 1. The summed E-state index contributed by atoms with van der Waals surface area (Å²) in [6, 6.07) is -0.293. The molecule has 0 saturated heterocycles. The van der Waals surface area contributed by atoms with Crippen molar-refractivity contribution in [3.05, 3.63) is 46.7 Å². The first-order valence-electron chi connectivity index (χ1n) is 5.96. The first-order chi connectivity index (χ1) is 9.22. The van der Waals surface area contributed by atoms with E-state index in [-0.39, 0.29) is 6.04 Å². The first-order valence-corrected chi connectivity index (χ1v) is 6.75. The van der Waals surface area contributed by atoms with Crippen LogP contribution in [0, 0.1) is 0 Å². The highest BCUT2D eigenvalue weighted by Crippen LogP contribution is 2.28. The van der Waals surface area contributed by atoms with Gasteiger partial charge in [-0.3, -0.25) is 9.67 Å². The fourth-order valence-corrected chi connectivity index (χ4v) is 2.72. The monoisotopic (exact) mass is 320 g/mol. The van der Waals surface area contributed by atoms with Crippen molar-refractivity contribution in [3.63, 3.8) is 0 Å². The van der Waals surface area contributed by atoms with Gasteiger partial charge in [0.1, 0.15) is 0 Å². The van der Waals surface area contributed by atoms with Crippen LogP contribution in [0.5, 0.6) is 0 Å². The SMILES string of the molecule is CCn1ncc(Br)c1C(N)c1cnn2ccncc12. The highest BCUT2D eigenvalue weighted by Gasteiger charge is 2.21. The maximum Gasteiger partial charge on any atom is 0.0896 e. The third-order valence-corrected chi connectivity index (χ3v) is 3.73. The molecule has 2 N–H and O–H groups in total. The molecule has 0 fully saturated rings. The number of halogens is 1. The Hall–Kier alpha value is -1.73. The van der Waals surface area contributed by atoms with Crippen LogP contribution in [0.2, 0.25) is 0 Å². The fraction of sp³-hybridized carbons (Fsp3) is 0.250. The predicted octanol–water partition coefficient (Wildman–Crippen LogP) is 1.76. The summed E-state index contributed by atoms with van der Waals surface area (Å²) in [4.78, 5) is 4.12. The molecular weight excluding hydrogens is 308 g/mol. The molecule has 1 unspecified atom stereocenters. The highest BCUT2D eigenvalue weighted by molar-refractivity contribution is 9.10. The van der Waals surface area contributed by atoms with Crippen molar-refractivity contribution in [2.24, 2.45) is 5.73 Å². The molecule has 7 heteroatoms. The van der Waals surface area contributed by atoms with Gasteiger partial charge in [-0.25, -0.2) is 4.52 Å². The molecule has 0 aliphatic heterocycles. The molecule has 1 atom stereocenters. The third kappa shape index (κ3) is 1.95. The first kappa shape index (κ1) is 12.3. The summed E-state index contributed by atoms with van der Waals surface area (Å²) in [7, 11) is 0. The number of aromatic nitrogens is 5. The molecule has 0 aliphatic rings. The number of hydrogen-bond acceptors (Lipinski definition) is 4. The average molecular weight is 321 g/mol.